The van der Waals surface area contributed by atoms with Crippen molar-refractivity contribution in [1.82, 2.24) is 4.98 Å². The summed E-state index contributed by atoms with van der Waals surface area (Å²) in [5.74, 6) is 0. The SMILES string of the molecule is N#Cc1cnc2ccc(Cl)cc2c1NCC1(CCO)CC1. The molecule has 0 radical (unpaired) electrons. The Kier molecular flexibility index (Phi) is 3.71. The van der Waals surface area contributed by atoms with E-state index < -0.39 is 0 Å². The van der Waals surface area contributed by atoms with Crippen molar-refractivity contribution in [2.24, 2.45) is 5.41 Å². The standard InChI is InChI=1S/C16H16ClN3O/c17-12-1-2-14-13(7-12)15(11(8-18)9-19-14)20-10-16(3-4-16)5-6-21/h1-2,7,9,21H,3-6,10H2,(H,19,20). The lowest BCUT2D eigenvalue weighted by atomic mass is 10.0. The third-order valence-corrected chi connectivity index (χ3v) is 4.42. The van der Waals surface area contributed by atoms with Crippen LogP contribution in [0.2, 0.25) is 5.02 Å². The van der Waals surface area contributed by atoms with Crippen molar-refractivity contribution >= 4 is 28.2 Å². The summed E-state index contributed by atoms with van der Waals surface area (Å²) in [7, 11) is 0. The van der Waals surface area contributed by atoms with Crippen molar-refractivity contribution in [2.75, 3.05) is 18.5 Å². The normalized spacial score (nSPS) is 15.7. The van der Waals surface area contributed by atoms with Gasteiger partial charge in [-0.1, -0.05) is 11.6 Å². The highest BCUT2D eigenvalue weighted by Crippen LogP contribution is 2.48. The van der Waals surface area contributed by atoms with Gasteiger partial charge in [-0.3, -0.25) is 4.98 Å². The smallest absolute Gasteiger partial charge is 0.103 e. The zero-order valence-corrected chi connectivity index (χ0v) is 12.3. The fourth-order valence-electron chi connectivity index (χ4n) is 2.65. The third-order valence-electron chi connectivity index (χ3n) is 4.19. The van der Waals surface area contributed by atoms with Gasteiger partial charge in [-0.15, -0.1) is 0 Å². The van der Waals surface area contributed by atoms with Crippen molar-refractivity contribution < 1.29 is 5.11 Å². The lowest BCUT2D eigenvalue weighted by molar-refractivity contribution is 0.253. The van der Waals surface area contributed by atoms with Crippen LogP contribution in [0.4, 0.5) is 5.69 Å². The van der Waals surface area contributed by atoms with Gasteiger partial charge < -0.3 is 10.4 Å². The number of aliphatic hydroxyl groups is 1. The van der Waals surface area contributed by atoms with Gasteiger partial charge in [0.05, 0.1) is 16.8 Å². The van der Waals surface area contributed by atoms with Crippen molar-refractivity contribution in [3.63, 3.8) is 0 Å². The molecule has 5 heteroatoms. The number of anilines is 1. The summed E-state index contributed by atoms with van der Waals surface area (Å²) in [6.07, 6.45) is 4.62. The molecule has 1 aromatic carbocycles. The van der Waals surface area contributed by atoms with Gasteiger partial charge in [0.25, 0.3) is 0 Å². The molecular formula is C16H16ClN3O. The first-order chi connectivity index (χ1) is 10.2. The van der Waals surface area contributed by atoms with Crippen molar-refractivity contribution in [3.8, 4) is 6.07 Å². The molecule has 1 aliphatic carbocycles. The lowest BCUT2D eigenvalue weighted by Gasteiger charge is -2.17. The molecule has 1 aliphatic rings. The molecule has 0 amide bonds. The Morgan fingerprint density at radius 1 is 1.43 bits per heavy atom. The number of hydrogen-bond donors (Lipinski definition) is 2. The second-order valence-corrected chi connectivity index (χ2v) is 6.08. The van der Waals surface area contributed by atoms with Crippen molar-refractivity contribution in [3.05, 3.63) is 35.0 Å². The highest BCUT2D eigenvalue weighted by Gasteiger charge is 2.41. The van der Waals surface area contributed by atoms with E-state index in [0.717, 1.165) is 42.4 Å². The number of aromatic nitrogens is 1. The molecule has 0 spiro atoms. The van der Waals surface area contributed by atoms with Crippen LogP contribution >= 0.6 is 11.6 Å². The Balaban J connectivity index is 1.96. The number of nitrogens with one attached hydrogen (secondary N) is 1. The first-order valence-electron chi connectivity index (χ1n) is 7.01. The van der Waals surface area contributed by atoms with Crippen LogP contribution in [0.3, 0.4) is 0 Å². The average molecular weight is 302 g/mol. The largest absolute Gasteiger partial charge is 0.396 e. The molecular weight excluding hydrogens is 286 g/mol. The van der Waals surface area contributed by atoms with Crippen LogP contribution in [0.25, 0.3) is 10.9 Å². The number of nitriles is 1. The topological polar surface area (TPSA) is 68.9 Å². The minimum atomic E-state index is 0.176. The Bertz CT molecular complexity index is 719. The molecule has 21 heavy (non-hydrogen) atoms. The average Bonchev–Trinajstić information content (AvgIpc) is 3.25. The van der Waals surface area contributed by atoms with E-state index in [1.807, 2.05) is 12.1 Å². The monoisotopic (exact) mass is 301 g/mol. The molecule has 1 saturated carbocycles. The predicted octanol–water partition coefficient (Wildman–Crippen LogP) is 3.33. The molecule has 0 unspecified atom stereocenters. The molecule has 1 aromatic heterocycles. The molecule has 0 bridgehead atoms. The summed E-state index contributed by atoms with van der Waals surface area (Å²) < 4.78 is 0. The van der Waals surface area contributed by atoms with Crippen molar-refractivity contribution in [1.29, 1.82) is 5.26 Å². The van der Waals surface area contributed by atoms with Gasteiger partial charge in [-0.25, -0.2) is 0 Å². The number of aliphatic hydroxyl groups excluding tert-OH is 1. The van der Waals surface area contributed by atoms with Gasteiger partial charge in [0.15, 0.2) is 0 Å². The molecule has 3 rings (SSSR count). The van der Waals surface area contributed by atoms with Gasteiger partial charge in [-0.2, -0.15) is 5.26 Å². The van der Waals surface area contributed by atoms with E-state index in [-0.39, 0.29) is 12.0 Å². The van der Waals surface area contributed by atoms with Crippen LogP contribution in [-0.4, -0.2) is 23.2 Å². The van der Waals surface area contributed by atoms with Gasteiger partial charge in [0.1, 0.15) is 6.07 Å². The molecule has 0 atom stereocenters. The van der Waals surface area contributed by atoms with Gasteiger partial charge in [0, 0.05) is 29.8 Å². The third kappa shape index (κ3) is 2.80. The molecule has 1 heterocycles. The summed E-state index contributed by atoms with van der Waals surface area (Å²) in [5.41, 5.74) is 2.29. The van der Waals surface area contributed by atoms with E-state index in [9.17, 15) is 5.26 Å². The van der Waals surface area contributed by atoms with Gasteiger partial charge in [-0.05, 0) is 42.9 Å². The van der Waals surface area contributed by atoms with E-state index in [1.54, 1.807) is 12.3 Å². The number of benzene rings is 1. The Labute approximate surface area is 128 Å². The fraction of sp³-hybridized carbons (Fsp3) is 0.375. The van der Waals surface area contributed by atoms with E-state index >= 15 is 0 Å². The zero-order chi connectivity index (χ0) is 14.9. The van der Waals surface area contributed by atoms with Crippen LogP contribution in [0.1, 0.15) is 24.8 Å². The first-order valence-corrected chi connectivity index (χ1v) is 7.38. The van der Waals surface area contributed by atoms with Crippen LogP contribution in [0, 0.1) is 16.7 Å². The zero-order valence-electron chi connectivity index (χ0n) is 11.6. The molecule has 0 aliphatic heterocycles. The summed E-state index contributed by atoms with van der Waals surface area (Å²) in [5, 5.41) is 23.3. The Morgan fingerprint density at radius 3 is 2.90 bits per heavy atom. The summed E-state index contributed by atoms with van der Waals surface area (Å²) >= 11 is 6.07. The number of fused-ring (bicyclic) bond motifs is 1. The number of pyridine rings is 1. The van der Waals surface area contributed by atoms with Crippen LogP contribution in [-0.2, 0) is 0 Å². The maximum absolute atomic E-state index is 9.29. The molecule has 0 saturated heterocycles. The molecule has 2 aromatic rings. The lowest BCUT2D eigenvalue weighted by Crippen LogP contribution is -2.17. The predicted molar refractivity (Wildman–Crippen MR) is 83.3 cm³/mol. The molecule has 1 fully saturated rings. The number of rotatable bonds is 5. The van der Waals surface area contributed by atoms with Crippen LogP contribution in [0.15, 0.2) is 24.4 Å². The van der Waals surface area contributed by atoms with Gasteiger partial charge in [0.2, 0.25) is 0 Å². The van der Waals surface area contributed by atoms with Crippen LogP contribution < -0.4 is 5.32 Å². The Hall–Kier alpha value is -1.83. The minimum absolute atomic E-state index is 0.176. The van der Waals surface area contributed by atoms with E-state index in [2.05, 4.69) is 16.4 Å². The maximum atomic E-state index is 9.29. The van der Waals surface area contributed by atoms with E-state index in [0.29, 0.717) is 10.6 Å². The second-order valence-electron chi connectivity index (χ2n) is 5.65. The summed E-state index contributed by atoms with van der Waals surface area (Å²) in [6.45, 7) is 0.962. The number of nitrogens with zero attached hydrogens (tertiary/aromatic N) is 2. The fourth-order valence-corrected chi connectivity index (χ4v) is 2.82. The highest BCUT2D eigenvalue weighted by atomic mass is 35.5. The van der Waals surface area contributed by atoms with Gasteiger partial charge >= 0.3 is 0 Å². The highest BCUT2D eigenvalue weighted by molar-refractivity contribution is 6.31. The maximum Gasteiger partial charge on any atom is 0.103 e. The Morgan fingerprint density at radius 2 is 2.24 bits per heavy atom. The van der Waals surface area contributed by atoms with Crippen molar-refractivity contribution in [2.45, 2.75) is 19.3 Å². The minimum Gasteiger partial charge on any atom is -0.396 e. The number of halogens is 1. The molecule has 108 valence electrons. The summed E-state index contributed by atoms with van der Waals surface area (Å²) in [6, 6.07) is 7.65. The molecule has 2 N–H and O–H groups in total. The number of hydrogen-bond acceptors (Lipinski definition) is 4. The second kappa shape index (κ2) is 5.51. The van der Waals surface area contributed by atoms with E-state index in [4.69, 9.17) is 16.7 Å². The molecule has 4 nitrogen and oxygen atoms in total. The van der Waals surface area contributed by atoms with Crippen LogP contribution in [0.5, 0.6) is 0 Å². The quantitative estimate of drug-likeness (QED) is 0.889. The summed E-state index contributed by atoms with van der Waals surface area (Å²) in [4.78, 5) is 4.29. The first kappa shape index (κ1) is 14.1. The van der Waals surface area contributed by atoms with E-state index in [1.165, 1.54) is 0 Å².